The molecule has 3 aromatic rings. The Bertz CT molecular complexity index is 1150. The van der Waals surface area contributed by atoms with Gasteiger partial charge in [0.15, 0.2) is 5.69 Å². The highest BCUT2D eigenvalue weighted by Gasteiger charge is 2.32. The predicted octanol–water partition coefficient (Wildman–Crippen LogP) is 2.67. The number of carbonyl (C=O) groups is 1. The van der Waals surface area contributed by atoms with Crippen molar-refractivity contribution in [1.82, 2.24) is 19.4 Å². The molecule has 28 heavy (non-hydrogen) atoms. The summed E-state index contributed by atoms with van der Waals surface area (Å²) < 4.78 is 27.1. The summed E-state index contributed by atoms with van der Waals surface area (Å²) in [5, 5.41) is 8.02. The van der Waals surface area contributed by atoms with Crippen LogP contribution >= 0.6 is 11.6 Å². The number of halogens is 1. The van der Waals surface area contributed by atoms with Crippen molar-refractivity contribution in [1.29, 1.82) is 0 Å². The van der Waals surface area contributed by atoms with Gasteiger partial charge in [-0.3, -0.25) is 9.89 Å². The SMILES string of the molecule is Cc1ccc2[nH]nc(C(=O)N3CCN(S(=O)(=O)c4ccccc4Cl)CC3)c2c1. The molecule has 0 spiro atoms. The van der Waals surface area contributed by atoms with Crippen molar-refractivity contribution in [3.05, 3.63) is 58.7 Å². The summed E-state index contributed by atoms with van der Waals surface area (Å²) in [5.74, 6) is -0.202. The molecule has 0 saturated carbocycles. The van der Waals surface area contributed by atoms with Gasteiger partial charge in [0.1, 0.15) is 4.90 Å². The summed E-state index contributed by atoms with van der Waals surface area (Å²) in [4.78, 5) is 14.6. The van der Waals surface area contributed by atoms with Crippen molar-refractivity contribution in [3.8, 4) is 0 Å². The molecule has 0 aliphatic carbocycles. The molecule has 1 aromatic heterocycles. The van der Waals surface area contributed by atoms with E-state index in [9.17, 15) is 13.2 Å². The van der Waals surface area contributed by atoms with Gasteiger partial charge in [0.25, 0.3) is 5.91 Å². The highest BCUT2D eigenvalue weighted by Crippen LogP contribution is 2.26. The molecule has 7 nitrogen and oxygen atoms in total. The standard InChI is InChI=1S/C19H19ClN4O3S/c1-13-6-7-16-14(12-13)18(22-21-16)19(25)23-8-10-24(11-9-23)28(26,27)17-5-3-2-4-15(17)20/h2-7,12H,8-11H2,1H3,(H,21,22). The van der Waals surface area contributed by atoms with Gasteiger partial charge in [0, 0.05) is 31.6 Å². The Hall–Kier alpha value is -2.42. The molecule has 9 heteroatoms. The molecule has 2 aromatic carbocycles. The quantitative estimate of drug-likeness (QED) is 0.708. The normalized spacial score (nSPS) is 15.9. The predicted molar refractivity (Wildman–Crippen MR) is 107 cm³/mol. The van der Waals surface area contributed by atoms with Crippen molar-refractivity contribution < 1.29 is 13.2 Å². The van der Waals surface area contributed by atoms with Crippen molar-refractivity contribution >= 4 is 38.4 Å². The zero-order valence-electron chi connectivity index (χ0n) is 15.2. The van der Waals surface area contributed by atoms with Crippen LogP contribution in [0.25, 0.3) is 10.9 Å². The van der Waals surface area contributed by atoms with Crippen molar-refractivity contribution in [3.63, 3.8) is 0 Å². The molecule has 1 aliphatic heterocycles. The number of hydrogen-bond donors (Lipinski definition) is 1. The number of benzene rings is 2. The van der Waals surface area contributed by atoms with Crippen LogP contribution in [0.2, 0.25) is 5.02 Å². The van der Waals surface area contributed by atoms with E-state index in [-0.39, 0.29) is 28.9 Å². The molecule has 0 bridgehead atoms. The summed E-state index contributed by atoms with van der Waals surface area (Å²) in [6.45, 7) is 2.96. The molecular formula is C19H19ClN4O3S. The van der Waals surface area contributed by atoms with E-state index in [4.69, 9.17) is 11.6 Å². The zero-order valence-corrected chi connectivity index (χ0v) is 16.8. The van der Waals surface area contributed by atoms with Crippen LogP contribution in [-0.2, 0) is 10.0 Å². The van der Waals surface area contributed by atoms with Crippen LogP contribution in [0, 0.1) is 6.92 Å². The maximum absolute atomic E-state index is 12.9. The zero-order chi connectivity index (χ0) is 19.9. The van der Waals surface area contributed by atoms with E-state index < -0.39 is 10.0 Å². The van der Waals surface area contributed by atoms with Gasteiger partial charge in [-0.05, 0) is 31.2 Å². The van der Waals surface area contributed by atoms with E-state index in [1.54, 1.807) is 23.1 Å². The van der Waals surface area contributed by atoms with Gasteiger partial charge in [-0.1, -0.05) is 35.4 Å². The fraction of sp³-hybridized carbons (Fsp3) is 0.263. The van der Waals surface area contributed by atoms with Crippen LogP contribution in [0.5, 0.6) is 0 Å². The monoisotopic (exact) mass is 418 g/mol. The second-order valence-electron chi connectivity index (χ2n) is 6.75. The van der Waals surface area contributed by atoms with Gasteiger partial charge in [-0.15, -0.1) is 0 Å². The third kappa shape index (κ3) is 3.28. The summed E-state index contributed by atoms with van der Waals surface area (Å²) >= 11 is 6.06. The lowest BCUT2D eigenvalue weighted by Gasteiger charge is -2.33. The number of aromatic nitrogens is 2. The van der Waals surface area contributed by atoms with Crippen molar-refractivity contribution in [2.75, 3.05) is 26.2 Å². The Balaban J connectivity index is 1.52. The number of H-pyrrole nitrogens is 1. The number of hydrogen-bond acceptors (Lipinski definition) is 4. The first-order valence-corrected chi connectivity index (χ1v) is 10.7. The Morgan fingerprint density at radius 1 is 1.11 bits per heavy atom. The lowest BCUT2D eigenvalue weighted by molar-refractivity contribution is 0.0694. The number of rotatable bonds is 3. The van der Waals surface area contributed by atoms with Crippen LogP contribution < -0.4 is 0 Å². The first-order valence-electron chi connectivity index (χ1n) is 8.86. The van der Waals surface area contributed by atoms with E-state index >= 15 is 0 Å². The Labute approximate surface area is 167 Å². The smallest absolute Gasteiger partial charge is 0.275 e. The Morgan fingerprint density at radius 2 is 1.82 bits per heavy atom. The Morgan fingerprint density at radius 3 is 2.54 bits per heavy atom. The average Bonchev–Trinajstić information content (AvgIpc) is 3.10. The van der Waals surface area contributed by atoms with Crippen LogP contribution in [-0.4, -0.2) is 59.9 Å². The number of aromatic amines is 1. The minimum absolute atomic E-state index is 0.0882. The lowest BCUT2D eigenvalue weighted by atomic mass is 10.1. The van der Waals surface area contributed by atoms with Gasteiger partial charge >= 0.3 is 0 Å². The number of carbonyl (C=O) groups excluding carboxylic acids is 1. The van der Waals surface area contributed by atoms with E-state index in [0.717, 1.165) is 16.5 Å². The molecular weight excluding hydrogens is 400 g/mol. The van der Waals surface area contributed by atoms with Crippen LogP contribution in [0.15, 0.2) is 47.4 Å². The number of piperazine rings is 1. The summed E-state index contributed by atoms with van der Waals surface area (Å²) in [6, 6.07) is 12.1. The number of sulfonamides is 1. The first kappa shape index (κ1) is 18.9. The number of fused-ring (bicyclic) bond motifs is 1. The fourth-order valence-electron chi connectivity index (χ4n) is 3.37. The summed E-state index contributed by atoms with van der Waals surface area (Å²) in [5.41, 5.74) is 2.20. The van der Waals surface area contributed by atoms with Crippen LogP contribution in [0.4, 0.5) is 0 Å². The Kier molecular flexibility index (Phi) is 4.86. The number of nitrogens with zero attached hydrogens (tertiary/aromatic N) is 3. The summed E-state index contributed by atoms with van der Waals surface area (Å²) in [7, 11) is -3.69. The number of amides is 1. The second kappa shape index (κ2) is 7.20. The first-order chi connectivity index (χ1) is 13.4. The molecule has 1 aliphatic rings. The molecule has 1 amide bonds. The molecule has 0 radical (unpaired) electrons. The molecule has 2 heterocycles. The highest BCUT2D eigenvalue weighted by molar-refractivity contribution is 7.89. The molecule has 1 saturated heterocycles. The molecule has 0 atom stereocenters. The topological polar surface area (TPSA) is 86.4 Å². The fourth-order valence-corrected chi connectivity index (χ4v) is 5.28. The van der Waals surface area contributed by atoms with E-state index in [2.05, 4.69) is 10.2 Å². The third-order valence-corrected chi connectivity index (χ3v) is 7.30. The van der Waals surface area contributed by atoms with Crippen LogP contribution in [0.3, 0.4) is 0 Å². The third-order valence-electron chi connectivity index (χ3n) is 4.90. The van der Waals surface area contributed by atoms with Gasteiger partial charge in [0.05, 0.1) is 10.5 Å². The van der Waals surface area contributed by atoms with Gasteiger partial charge in [-0.25, -0.2) is 8.42 Å². The minimum atomic E-state index is -3.69. The van der Waals surface area contributed by atoms with Gasteiger partial charge in [0.2, 0.25) is 10.0 Å². The molecule has 0 unspecified atom stereocenters. The highest BCUT2D eigenvalue weighted by atomic mass is 35.5. The van der Waals surface area contributed by atoms with Crippen molar-refractivity contribution in [2.45, 2.75) is 11.8 Å². The minimum Gasteiger partial charge on any atom is -0.335 e. The van der Waals surface area contributed by atoms with E-state index in [1.165, 1.54) is 10.4 Å². The summed E-state index contributed by atoms with van der Waals surface area (Å²) in [6.07, 6.45) is 0. The molecule has 146 valence electrons. The average molecular weight is 419 g/mol. The lowest BCUT2D eigenvalue weighted by Crippen LogP contribution is -2.50. The van der Waals surface area contributed by atoms with E-state index in [0.29, 0.717) is 18.8 Å². The largest absolute Gasteiger partial charge is 0.335 e. The van der Waals surface area contributed by atoms with Gasteiger partial charge in [-0.2, -0.15) is 9.40 Å². The number of aryl methyl sites for hydroxylation is 1. The maximum Gasteiger partial charge on any atom is 0.275 e. The maximum atomic E-state index is 12.9. The van der Waals surface area contributed by atoms with Gasteiger partial charge < -0.3 is 4.90 Å². The van der Waals surface area contributed by atoms with E-state index in [1.807, 2.05) is 25.1 Å². The van der Waals surface area contributed by atoms with Crippen LogP contribution in [0.1, 0.15) is 16.1 Å². The molecule has 1 fully saturated rings. The molecule has 1 N–H and O–H groups in total. The van der Waals surface area contributed by atoms with Crippen molar-refractivity contribution in [2.24, 2.45) is 0 Å². The molecule has 4 rings (SSSR count). The second-order valence-corrected chi connectivity index (χ2v) is 9.06. The number of nitrogens with one attached hydrogen (secondary N) is 1.